The summed E-state index contributed by atoms with van der Waals surface area (Å²) >= 11 is 0. The van der Waals surface area contributed by atoms with Gasteiger partial charge < -0.3 is 19.3 Å². The average Bonchev–Trinajstić information content (AvgIpc) is 2.90. The lowest BCUT2D eigenvalue weighted by atomic mass is 9.88. The molecule has 3 aromatic rings. The summed E-state index contributed by atoms with van der Waals surface area (Å²) in [5, 5.41) is 0. The Hall–Kier alpha value is -3.31. The number of nitrogens with zero attached hydrogens (tertiary/aromatic N) is 2. The Labute approximate surface area is 202 Å². The van der Waals surface area contributed by atoms with E-state index in [2.05, 4.69) is 48.2 Å². The highest BCUT2D eigenvalue weighted by molar-refractivity contribution is 5.99. The molecule has 1 unspecified atom stereocenters. The number of methoxy groups -OCH3 is 2. The number of hydrogen-bond donors (Lipinski definition) is 0. The van der Waals surface area contributed by atoms with Gasteiger partial charge in [-0.05, 0) is 61.2 Å². The highest BCUT2D eigenvalue weighted by Gasteiger charge is 2.35. The maximum Gasteiger partial charge on any atom is 0.234 e. The Bertz CT molecular complexity index is 1100. The number of anilines is 2. The number of fused-ring (bicyclic) bond motifs is 1. The van der Waals surface area contributed by atoms with Crippen molar-refractivity contribution in [3.05, 3.63) is 89.5 Å². The van der Waals surface area contributed by atoms with Gasteiger partial charge in [0, 0.05) is 37.1 Å². The summed E-state index contributed by atoms with van der Waals surface area (Å²) in [6, 6.07) is 24.5. The molecule has 0 aromatic heterocycles. The zero-order chi connectivity index (χ0) is 24.1. The van der Waals surface area contributed by atoms with E-state index in [1.807, 2.05) is 48.2 Å². The second kappa shape index (κ2) is 10.7. The van der Waals surface area contributed by atoms with Crippen LogP contribution in [-0.2, 0) is 16.0 Å². The van der Waals surface area contributed by atoms with Crippen LogP contribution >= 0.6 is 0 Å². The minimum atomic E-state index is -0.244. The average molecular weight is 459 g/mol. The number of para-hydroxylation sites is 1. The Morgan fingerprint density at radius 1 is 1.00 bits per heavy atom. The molecule has 0 N–H and O–H groups in total. The van der Waals surface area contributed by atoms with Crippen molar-refractivity contribution < 1.29 is 14.3 Å². The third-order valence-corrected chi connectivity index (χ3v) is 6.72. The first-order valence-corrected chi connectivity index (χ1v) is 12.0. The molecule has 5 heteroatoms. The minimum Gasteiger partial charge on any atom is -0.497 e. The first-order valence-electron chi connectivity index (χ1n) is 12.0. The van der Waals surface area contributed by atoms with Crippen LogP contribution in [0.5, 0.6) is 5.75 Å². The molecule has 1 heterocycles. The highest BCUT2D eigenvalue weighted by atomic mass is 16.5. The van der Waals surface area contributed by atoms with E-state index in [0.29, 0.717) is 6.54 Å². The van der Waals surface area contributed by atoms with E-state index in [4.69, 9.17) is 9.47 Å². The maximum atomic E-state index is 13.8. The second-order valence-corrected chi connectivity index (χ2v) is 8.56. The molecule has 5 nitrogen and oxygen atoms in total. The van der Waals surface area contributed by atoms with Gasteiger partial charge in [-0.1, -0.05) is 49.4 Å². The number of rotatable bonds is 8. The summed E-state index contributed by atoms with van der Waals surface area (Å²) in [4.78, 5) is 18.0. The number of carbonyl (C=O) groups excluding carboxylic acids is 1. The van der Waals surface area contributed by atoms with Gasteiger partial charge in [-0.2, -0.15) is 0 Å². The lowest BCUT2D eigenvalue weighted by Crippen LogP contribution is -2.41. The lowest BCUT2D eigenvalue weighted by Gasteiger charge is -2.40. The normalized spacial score (nSPS) is 16.0. The zero-order valence-electron chi connectivity index (χ0n) is 20.5. The molecular formula is C29H34N2O3. The first-order chi connectivity index (χ1) is 16.6. The number of likely N-dealkylation sites (N-methyl/N-ethyl adjacent to an activating group) is 1. The van der Waals surface area contributed by atoms with Crippen molar-refractivity contribution in [2.45, 2.75) is 38.8 Å². The summed E-state index contributed by atoms with van der Waals surface area (Å²) in [6.45, 7) is 5.54. The molecular weight excluding hydrogens is 424 g/mol. The Morgan fingerprint density at radius 3 is 2.32 bits per heavy atom. The Morgan fingerprint density at radius 2 is 1.71 bits per heavy atom. The van der Waals surface area contributed by atoms with Crippen molar-refractivity contribution in [1.82, 2.24) is 0 Å². The van der Waals surface area contributed by atoms with Gasteiger partial charge in [0.25, 0.3) is 0 Å². The highest BCUT2D eigenvalue weighted by Crippen LogP contribution is 2.41. The van der Waals surface area contributed by atoms with Crippen LogP contribution in [-0.4, -0.2) is 33.2 Å². The van der Waals surface area contributed by atoms with Crippen LogP contribution in [0, 0.1) is 0 Å². The van der Waals surface area contributed by atoms with E-state index in [-0.39, 0.29) is 18.1 Å². The quantitative estimate of drug-likeness (QED) is 0.418. The van der Waals surface area contributed by atoms with E-state index in [0.717, 1.165) is 47.6 Å². The predicted molar refractivity (Wildman–Crippen MR) is 138 cm³/mol. The monoisotopic (exact) mass is 458 g/mol. The van der Waals surface area contributed by atoms with Crippen LogP contribution in [0.1, 0.15) is 49.1 Å². The molecule has 178 valence electrons. The van der Waals surface area contributed by atoms with Crippen LogP contribution in [0.15, 0.2) is 72.8 Å². The first kappa shape index (κ1) is 23.8. The van der Waals surface area contributed by atoms with E-state index in [1.165, 1.54) is 5.56 Å². The van der Waals surface area contributed by atoms with Gasteiger partial charge in [-0.3, -0.25) is 4.79 Å². The topological polar surface area (TPSA) is 42.0 Å². The molecule has 2 atom stereocenters. The van der Waals surface area contributed by atoms with Gasteiger partial charge in [0.15, 0.2) is 6.23 Å². The molecule has 0 spiro atoms. The van der Waals surface area contributed by atoms with Gasteiger partial charge >= 0.3 is 0 Å². The largest absolute Gasteiger partial charge is 0.497 e. The SMILES string of the molecule is CCc1ccc(N(CC)C(=O)[C@H]2CCN(C(OC)c3ccc(OC)cc3)c3ccccc32)cc1. The number of benzene rings is 3. The van der Waals surface area contributed by atoms with Gasteiger partial charge in [0.1, 0.15) is 5.75 Å². The number of amides is 1. The fourth-order valence-corrected chi connectivity index (χ4v) is 4.87. The molecule has 1 aliphatic heterocycles. The third-order valence-electron chi connectivity index (χ3n) is 6.72. The van der Waals surface area contributed by atoms with Crippen LogP contribution < -0.4 is 14.5 Å². The molecule has 0 aliphatic carbocycles. The summed E-state index contributed by atoms with van der Waals surface area (Å²) in [6.07, 6.45) is 1.48. The Kier molecular flexibility index (Phi) is 7.53. The molecule has 0 radical (unpaired) electrons. The summed E-state index contributed by atoms with van der Waals surface area (Å²) < 4.78 is 11.3. The van der Waals surface area contributed by atoms with E-state index < -0.39 is 0 Å². The van der Waals surface area contributed by atoms with Gasteiger partial charge in [0.2, 0.25) is 5.91 Å². The molecule has 0 saturated carbocycles. The van der Waals surface area contributed by atoms with Crippen molar-refractivity contribution in [2.75, 3.05) is 37.1 Å². The molecule has 0 fully saturated rings. The van der Waals surface area contributed by atoms with Crippen molar-refractivity contribution in [2.24, 2.45) is 0 Å². The second-order valence-electron chi connectivity index (χ2n) is 8.56. The zero-order valence-corrected chi connectivity index (χ0v) is 20.5. The molecule has 4 rings (SSSR count). The molecule has 34 heavy (non-hydrogen) atoms. The summed E-state index contributed by atoms with van der Waals surface area (Å²) in [5.41, 5.74) is 5.38. The van der Waals surface area contributed by atoms with E-state index >= 15 is 0 Å². The lowest BCUT2D eigenvalue weighted by molar-refractivity contribution is -0.120. The third kappa shape index (κ3) is 4.66. The van der Waals surface area contributed by atoms with Gasteiger partial charge in [0.05, 0.1) is 13.0 Å². The molecule has 0 bridgehead atoms. The molecule has 1 aliphatic rings. The number of ether oxygens (including phenoxy) is 2. The van der Waals surface area contributed by atoms with E-state index in [1.54, 1.807) is 14.2 Å². The summed E-state index contributed by atoms with van der Waals surface area (Å²) in [5.74, 6) is 0.777. The smallest absolute Gasteiger partial charge is 0.234 e. The molecule has 3 aromatic carbocycles. The van der Waals surface area contributed by atoms with Crippen molar-refractivity contribution >= 4 is 17.3 Å². The van der Waals surface area contributed by atoms with Crippen LogP contribution in [0.25, 0.3) is 0 Å². The van der Waals surface area contributed by atoms with Gasteiger partial charge in [-0.25, -0.2) is 0 Å². The fraction of sp³-hybridized carbons (Fsp3) is 0.345. The number of carbonyl (C=O) groups is 1. The molecule has 0 saturated heterocycles. The van der Waals surface area contributed by atoms with Crippen molar-refractivity contribution in [1.29, 1.82) is 0 Å². The van der Waals surface area contributed by atoms with Crippen LogP contribution in [0.3, 0.4) is 0 Å². The Balaban J connectivity index is 1.63. The minimum absolute atomic E-state index is 0.150. The standard InChI is InChI=1S/C29H34N2O3/c1-5-21-11-15-23(16-12-21)30(6-2)28(32)26-19-20-31(27-10-8-7-9-25(26)27)29(34-4)22-13-17-24(33-3)18-14-22/h7-18,26,29H,5-6,19-20H2,1-4H3/t26-,29?/m0/s1. The molecule has 1 amide bonds. The van der Waals surface area contributed by atoms with Crippen molar-refractivity contribution in [3.8, 4) is 5.75 Å². The van der Waals surface area contributed by atoms with Gasteiger partial charge in [-0.15, -0.1) is 0 Å². The maximum absolute atomic E-state index is 13.8. The fourth-order valence-electron chi connectivity index (χ4n) is 4.87. The van der Waals surface area contributed by atoms with Crippen molar-refractivity contribution in [3.63, 3.8) is 0 Å². The number of aryl methyl sites for hydroxylation is 1. The predicted octanol–water partition coefficient (Wildman–Crippen LogP) is 5.95. The van der Waals surface area contributed by atoms with E-state index in [9.17, 15) is 4.79 Å². The van der Waals surface area contributed by atoms with Crippen LogP contribution in [0.2, 0.25) is 0 Å². The number of hydrogen-bond acceptors (Lipinski definition) is 4. The summed E-state index contributed by atoms with van der Waals surface area (Å²) in [7, 11) is 3.39. The van der Waals surface area contributed by atoms with Crippen LogP contribution in [0.4, 0.5) is 11.4 Å².